The molecule has 0 fully saturated rings. The topological polar surface area (TPSA) is 73.0 Å². The predicted octanol–water partition coefficient (Wildman–Crippen LogP) is 1.93. The van der Waals surface area contributed by atoms with Gasteiger partial charge in [-0.1, -0.05) is 16.8 Å². The summed E-state index contributed by atoms with van der Waals surface area (Å²) in [4.78, 5) is 11.9. The number of hydrogen-bond acceptors (Lipinski definition) is 4. The molecule has 0 aliphatic carbocycles. The Morgan fingerprint density at radius 3 is 2.71 bits per heavy atom. The van der Waals surface area contributed by atoms with Crippen molar-refractivity contribution in [1.29, 1.82) is 0 Å². The van der Waals surface area contributed by atoms with Gasteiger partial charge in [-0.05, 0) is 13.8 Å². The third kappa shape index (κ3) is 2.16. The lowest BCUT2D eigenvalue weighted by Gasteiger charge is -1.97. The number of carbonyl (C=O) groups is 1. The minimum atomic E-state index is -0.410. The Morgan fingerprint density at radius 1 is 1.53 bits per heavy atom. The van der Waals surface area contributed by atoms with Gasteiger partial charge >= 0.3 is 0 Å². The molecule has 2 heterocycles. The van der Waals surface area contributed by atoms with E-state index in [1.165, 1.54) is 0 Å². The lowest BCUT2D eigenvalue weighted by atomic mass is 10.3. The molecule has 1 N–H and O–H groups in total. The van der Waals surface area contributed by atoms with Crippen molar-refractivity contribution < 1.29 is 9.32 Å². The Balaban J connectivity index is 2.23. The van der Waals surface area contributed by atoms with Crippen LogP contribution < -0.4 is 5.32 Å². The number of nitrogens with one attached hydrogen (secondary N) is 1. The molecule has 0 unspecified atom stereocenters. The Labute approximate surface area is 103 Å². The molecule has 0 spiro atoms. The van der Waals surface area contributed by atoms with Gasteiger partial charge in [0.15, 0.2) is 11.5 Å². The molecule has 1 amide bonds. The molecule has 6 nitrogen and oxygen atoms in total. The SMILES string of the molecule is Cc1cc(NC(=O)c2nn(C)c(C)c2Cl)no1. The average molecular weight is 255 g/mol. The van der Waals surface area contributed by atoms with Gasteiger partial charge in [-0.15, -0.1) is 0 Å². The zero-order chi connectivity index (χ0) is 12.6. The Bertz CT molecular complexity index is 573. The van der Waals surface area contributed by atoms with Crippen LogP contribution >= 0.6 is 11.6 Å². The van der Waals surface area contributed by atoms with Crippen molar-refractivity contribution >= 4 is 23.3 Å². The number of nitrogens with zero attached hydrogens (tertiary/aromatic N) is 3. The molecule has 0 radical (unpaired) electrons. The van der Waals surface area contributed by atoms with E-state index in [2.05, 4.69) is 15.6 Å². The van der Waals surface area contributed by atoms with Crippen LogP contribution in [-0.4, -0.2) is 20.8 Å². The molecule has 0 saturated heterocycles. The number of aryl methyl sites for hydroxylation is 2. The zero-order valence-electron chi connectivity index (χ0n) is 9.61. The number of hydrogen-bond donors (Lipinski definition) is 1. The molecule has 2 aromatic rings. The van der Waals surface area contributed by atoms with E-state index in [4.69, 9.17) is 16.1 Å². The normalized spacial score (nSPS) is 10.6. The molecule has 2 aromatic heterocycles. The van der Waals surface area contributed by atoms with Crippen molar-refractivity contribution in [2.75, 3.05) is 5.32 Å². The molecular weight excluding hydrogens is 244 g/mol. The molecule has 0 bridgehead atoms. The van der Waals surface area contributed by atoms with Crippen LogP contribution in [0.4, 0.5) is 5.82 Å². The van der Waals surface area contributed by atoms with Crippen molar-refractivity contribution in [3.05, 3.63) is 28.2 Å². The first-order valence-corrected chi connectivity index (χ1v) is 5.30. The number of carbonyl (C=O) groups excluding carboxylic acids is 1. The van der Waals surface area contributed by atoms with Gasteiger partial charge in [-0.25, -0.2) is 0 Å². The number of aromatic nitrogens is 3. The molecule has 17 heavy (non-hydrogen) atoms. The highest BCUT2D eigenvalue weighted by molar-refractivity contribution is 6.34. The summed E-state index contributed by atoms with van der Waals surface area (Å²) in [5.41, 5.74) is 0.903. The molecule has 90 valence electrons. The first-order chi connectivity index (χ1) is 7.99. The minimum Gasteiger partial charge on any atom is -0.360 e. The smallest absolute Gasteiger partial charge is 0.278 e. The lowest BCUT2D eigenvalue weighted by Crippen LogP contribution is -2.13. The van der Waals surface area contributed by atoms with Gasteiger partial charge in [-0.2, -0.15) is 5.10 Å². The highest BCUT2D eigenvalue weighted by Crippen LogP contribution is 2.20. The van der Waals surface area contributed by atoms with Crippen molar-refractivity contribution in [3.8, 4) is 0 Å². The van der Waals surface area contributed by atoms with Crippen molar-refractivity contribution in [2.24, 2.45) is 7.05 Å². The fourth-order valence-electron chi connectivity index (χ4n) is 1.33. The summed E-state index contributed by atoms with van der Waals surface area (Å²) in [6.45, 7) is 3.52. The number of halogens is 1. The fourth-order valence-corrected chi connectivity index (χ4v) is 1.57. The minimum absolute atomic E-state index is 0.173. The number of anilines is 1. The van der Waals surface area contributed by atoms with Gasteiger partial charge in [0.2, 0.25) is 0 Å². The third-order valence-corrected chi connectivity index (χ3v) is 2.80. The van der Waals surface area contributed by atoms with Gasteiger partial charge in [0.05, 0.1) is 10.7 Å². The second kappa shape index (κ2) is 4.21. The van der Waals surface area contributed by atoms with Gasteiger partial charge in [0.1, 0.15) is 5.76 Å². The maximum absolute atomic E-state index is 11.9. The highest BCUT2D eigenvalue weighted by atomic mass is 35.5. The van der Waals surface area contributed by atoms with Crippen molar-refractivity contribution in [1.82, 2.24) is 14.9 Å². The van der Waals surface area contributed by atoms with E-state index >= 15 is 0 Å². The van der Waals surface area contributed by atoms with E-state index in [0.717, 1.165) is 5.69 Å². The fraction of sp³-hybridized carbons (Fsp3) is 0.300. The zero-order valence-corrected chi connectivity index (χ0v) is 10.4. The molecule has 0 saturated carbocycles. The Morgan fingerprint density at radius 2 is 2.24 bits per heavy atom. The Hall–Kier alpha value is -1.82. The molecule has 0 aliphatic heterocycles. The summed E-state index contributed by atoms with van der Waals surface area (Å²) in [6, 6.07) is 1.61. The quantitative estimate of drug-likeness (QED) is 0.889. The monoisotopic (exact) mass is 254 g/mol. The summed E-state index contributed by atoms with van der Waals surface area (Å²) in [6.07, 6.45) is 0. The van der Waals surface area contributed by atoms with Crippen LogP contribution in [0.15, 0.2) is 10.6 Å². The first-order valence-electron chi connectivity index (χ1n) is 4.93. The average Bonchev–Trinajstić information content (AvgIpc) is 2.78. The lowest BCUT2D eigenvalue weighted by molar-refractivity contribution is 0.102. The van der Waals surface area contributed by atoms with Crippen LogP contribution in [0.1, 0.15) is 21.9 Å². The van der Waals surface area contributed by atoms with Crippen molar-refractivity contribution in [3.63, 3.8) is 0 Å². The second-order valence-electron chi connectivity index (χ2n) is 3.65. The molecular formula is C10H11ClN4O2. The van der Waals surface area contributed by atoms with E-state index in [-0.39, 0.29) is 5.69 Å². The van der Waals surface area contributed by atoms with Gasteiger partial charge in [-0.3, -0.25) is 9.48 Å². The summed E-state index contributed by atoms with van der Waals surface area (Å²) in [5, 5.41) is 10.6. The molecule has 0 aliphatic rings. The predicted molar refractivity (Wildman–Crippen MR) is 62.1 cm³/mol. The van der Waals surface area contributed by atoms with E-state index in [0.29, 0.717) is 16.6 Å². The summed E-state index contributed by atoms with van der Waals surface area (Å²) in [7, 11) is 1.72. The molecule has 0 aromatic carbocycles. The van der Waals surface area contributed by atoms with E-state index in [9.17, 15) is 4.79 Å². The van der Waals surface area contributed by atoms with Gasteiger partial charge in [0.25, 0.3) is 5.91 Å². The first kappa shape index (κ1) is 11.7. The van der Waals surface area contributed by atoms with Crippen LogP contribution in [0.25, 0.3) is 0 Å². The van der Waals surface area contributed by atoms with Crippen LogP contribution in [0.5, 0.6) is 0 Å². The van der Waals surface area contributed by atoms with Gasteiger partial charge < -0.3 is 9.84 Å². The number of amides is 1. The molecule has 7 heteroatoms. The van der Waals surface area contributed by atoms with Crippen LogP contribution in [0.3, 0.4) is 0 Å². The largest absolute Gasteiger partial charge is 0.360 e. The van der Waals surface area contributed by atoms with Crippen LogP contribution in [0.2, 0.25) is 5.02 Å². The van der Waals surface area contributed by atoms with Crippen LogP contribution in [-0.2, 0) is 7.05 Å². The van der Waals surface area contributed by atoms with E-state index in [1.54, 1.807) is 31.6 Å². The standard InChI is InChI=1S/C10H11ClN4O2/c1-5-4-7(14-17-5)12-10(16)9-8(11)6(2)15(3)13-9/h4H,1-3H3,(H,12,14,16). The molecule has 0 atom stereocenters. The van der Waals surface area contributed by atoms with E-state index < -0.39 is 5.91 Å². The number of rotatable bonds is 2. The molecule has 2 rings (SSSR count). The highest BCUT2D eigenvalue weighted by Gasteiger charge is 2.19. The van der Waals surface area contributed by atoms with Crippen LogP contribution in [0, 0.1) is 13.8 Å². The maximum Gasteiger partial charge on any atom is 0.278 e. The third-order valence-electron chi connectivity index (χ3n) is 2.35. The summed E-state index contributed by atoms with van der Waals surface area (Å²) >= 11 is 5.99. The van der Waals surface area contributed by atoms with Gasteiger partial charge in [0, 0.05) is 13.1 Å². The Kier molecular flexibility index (Phi) is 2.89. The summed E-state index contributed by atoms with van der Waals surface area (Å²) in [5.74, 6) is 0.544. The second-order valence-corrected chi connectivity index (χ2v) is 4.03. The van der Waals surface area contributed by atoms with Crippen molar-refractivity contribution in [2.45, 2.75) is 13.8 Å². The maximum atomic E-state index is 11.9. The summed E-state index contributed by atoms with van der Waals surface area (Å²) < 4.78 is 6.38. The van der Waals surface area contributed by atoms with E-state index in [1.807, 2.05) is 0 Å².